The van der Waals surface area contributed by atoms with Gasteiger partial charge in [0.25, 0.3) is 11.8 Å². The first-order valence-corrected chi connectivity index (χ1v) is 9.22. The van der Waals surface area contributed by atoms with E-state index in [2.05, 4.69) is 12.2 Å². The normalized spacial score (nSPS) is 13.9. The van der Waals surface area contributed by atoms with Gasteiger partial charge in [0, 0.05) is 24.4 Å². The number of para-hydroxylation sites is 1. The molecule has 5 heteroatoms. The Kier molecular flexibility index (Phi) is 5.20. The highest BCUT2D eigenvalue weighted by molar-refractivity contribution is 7.98. The third-order valence-electron chi connectivity index (χ3n) is 4.02. The Morgan fingerprint density at radius 1 is 1.17 bits per heavy atom. The van der Waals surface area contributed by atoms with E-state index in [1.165, 1.54) is 0 Å². The van der Waals surface area contributed by atoms with Crippen LogP contribution in [-0.4, -0.2) is 30.7 Å². The number of benzene rings is 2. The highest BCUT2D eigenvalue weighted by atomic mass is 32.2. The number of fused-ring (bicyclic) bond motifs is 1. The summed E-state index contributed by atoms with van der Waals surface area (Å²) in [5.74, 6) is 1.64. The fraction of sp³-hybridized carbons (Fsp3) is 0.263. The number of rotatable bonds is 4. The van der Waals surface area contributed by atoms with E-state index < -0.39 is 0 Å². The van der Waals surface area contributed by atoms with Crippen LogP contribution in [0.1, 0.15) is 33.2 Å². The van der Waals surface area contributed by atoms with Gasteiger partial charge in [-0.05, 0) is 29.5 Å². The maximum Gasteiger partial charge on any atom is 0.258 e. The number of thioether (sulfide) groups is 1. The summed E-state index contributed by atoms with van der Waals surface area (Å²) in [6, 6.07) is 15.0. The summed E-state index contributed by atoms with van der Waals surface area (Å²) in [7, 11) is 0. The Bertz CT molecular complexity index is 761. The Hall–Kier alpha value is -2.27. The number of carbonyl (C=O) groups excluding carboxylic acids is 2. The number of hydrogen-bond donors (Lipinski definition) is 1. The molecule has 124 valence electrons. The number of nitrogens with one attached hydrogen (secondary N) is 1. The highest BCUT2D eigenvalue weighted by Gasteiger charge is 2.26. The van der Waals surface area contributed by atoms with Gasteiger partial charge < -0.3 is 10.2 Å². The zero-order valence-electron chi connectivity index (χ0n) is 13.6. The van der Waals surface area contributed by atoms with Crippen LogP contribution in [0.15, 0.2) is 48.5 Å². The van der Waals surface area contributed by atoms with Gasteiger partial charge in [-0.1, -0.05) is 37.3 Å². The highest BCUT2D eigenvalue weighted by Crippen LogP contribution is 2.26. The van der Waals surface area contributed by atoms with Crippen molar-refractivity contribution in [2.24, 2.45) is 0 Å². The Morgan fingerprint density at radius 3 is 2.75 bits per heavy atom. The number of nitrogens with zero attached hydrogens (tertiary/aromatic N) is 1. The molecule has 1 aliphatic heterocycles. The average molecular weight is 340 g/mol. The first-order valence-electron chi connectivity index (χ1n) is 8.07. The van der Waals surface area contributed by atoms with Gasteiger partial charge in [0.05, 0.1) is 11.3 Å². The predicted octanol–water partition coefficient (Wildman–Crippen LogP) is 3.33. The van der Waals surface area contributed by atoms with Crippen molar-refractivity contribution in [3.8, 4) is 0 Å². The Morgan fingerprint density at radius 2 is 1.92 bits per heavy atom. The number of carbonyl (C=O) groups is 2. The Balaban J connectivity index is 1.98. The maximum absolute atomic E-state index is 13.2. The molecule has 0 radical (unpaired) electrons. The van der Waals surface area contributed by atoms with E-state index in [9.17, 15) is 9.59 Å². The first kappa shape index (κ1) is 16.6. The van der Waals surface area contributed by atoms with E-state index in [1.54, 1.807) is 22.7 Å². The molecule has 4 nitrogen and oxygen atoms in total. The minimum Gasteiger partial charge on any atom is -0.350 e. The molecule has 0 atom stereocenters. The van der Waals surface area contributed by atoms with Gasteiger partial charge in [0.15, 0.2) is 0 Å². The van der Waals surface area contributed by atoms with Crippen molar-refractivity contribution in [3.63, 3.8) is 0 Å². The lowest BCUT2D eigenvalue weighted by Gasteiger charge is -2.23. The van der Waals surface area contributed by atoms with E-state index >= 15 is 0 Å². The molecular formula is C19H20N2O2S. The van der Waals surface area contributed by atoms with Gasteiger partial charge in [-0.3, -0.25) is 9.59 Å². The van der Waals surface area contributed by atoms with Crippen LogP contribution in [0, 0.1) is 0 Å². The number of anilines is 1. The van der Waals surface area contributed by atoms with Crippen LogP contribution >= 0.6 is 11.8 Å². The maximum atomic E-state index is 13.2. The minimum atomic E-state index is -0.129. The third-order valence-corrected chi connectivity index (χ3v) is 4.94. The van der Waals surface area contributed by atoms with Gasteiger partial charge in [-0.2, -0.15) is 11.8 Å². The monoisotopic (exact) mass is 340 g/mol. The van der Waals surface area contributed by atoms with Gasteiger partial charge in [-0.25, -0.2) is 0 Å². The first-order chi connectivity index (χ1) is 11.7. The standard InChI is InChI=1S/C19H20N2O2S/c1-2-24-13-14-7-3-4-8-15(14)19(23)21-12-11-20-18(22)16-9-5-6-10-17(16)21/h3-10H,2,11-13H2,1H3,(H,20,22). The molecule has 0 bridgehead atoms. The molecule has 0 aliphatic carbocycles. The topological polar surface area (TPSA) is 49.4 Å². The molecule has 0 aromatic heterocycles. The molecule has 2 aromatic rings. The van der Waals surface area contributed by atoms with Crippen LogP contribution in [0.25, 0.3) is 0 Å². The summed E-state index contributed by atoms with van der Waals surface area (Å²) in [6.45, 7) is 3.03. The zero-order valence-corrected chi connectivity index (χ0v) is 14.4. The second kappa shape index (κ2) is 7.53. The van der Waals surface area contributed by atoms with E-state index in [0.29, 0.717) is 29.9 Å². The fourth-order valence-corrected chi connectivity index (χ4v) is 3.50. The van der Waals surface area contributed by atoms with Crippen molar-refractivity contribution in [2.45, 2.75) is 12.7 Å². The lowest BCUT2D eigenvalue weighted by atomic mass is 10.1. The second-order valence-corrected chi connectivity index (χ2v) is 6.80. The van der Waals surface area contributed by atoms with Crippen LogP contribution in [-0.2, 0) is 5.75 Å². The van der Waals surface area contributed by atoms with E-state index in [0.717, 1.165) is 17.1 Å². The molecule has 24 heavy (non-hydrogen) atoms. The summed E-state index contributed by atoms with van der Waals surface area (Å²) in [4.78, 5) is 27.1. The van der Waals surface area contributed by atoms with Crippen LogP contribution in [0.2, 0.25) is 0 Å². The molecule has 0 unspecified atom stereocenters. The van der Waals surface area contributed by atoms with Crippen molar-refractivity contribution in [1.82, 2.24) is 5.32 Å². The molecule has 0 saturated heterocycles. The predicted molar refractivity (Wildman–Crippen MR) is 98.7 cm³/mol. The molecule has 0 fully saturated rings. The summed E-state index contributed by atoms with van der Waals surface area (Å²) in [5.41, 5.74) is 2.97. The Labute approximate surface area is 146 Å². The second-order valence-electron chi connectivity index (χ2n) is 5.52. The SMILES string of the molecule is CCSCc1ccccc1C(=O)N1CCNC(=O)c2ccccc21. The van der Waals surface area contributed by atoms with Gasteiger partial charge in [0.2, 0.25) is 0 Å². The largest absolute Gasteiger partial charge is 0.350 e. The zero-order chi connectivity index (χ0) is 16.9. The van der Waals surface area contributed by atoms with E-state index in [1.807, 2.05) is 42.5 Å². The van der Waals surface area contributed by atoms with Crippen molar-refractivity contribution in [3.05, 3.63) is 65.2 Å². The van der Waals surface area contributed by atoms with Crippen molar-refractivity contribution in [2.75, 3.05) is 23.7 Å². The summed E-state index contributed by atoms with van der Waals surface area (Å²) >= 11 is 1.79. The lowest BCUT2D eigenvalue weighted by Crippen LogP contribution is -2.35. The van der Waals surface area contributed by atoms with Crippen LogP contribution < -0.4 is 10.2 Å². The van der Waals surface area contributed by atoms with E-state index in [4.69, 9.17) is 0 Å². The molecular weight excluding hydrogens is 320 g/mol. The van der Waals surface area contributed by atoms with Crippen molar-refractivity contribution in [1.29, 1.82) is 0 Å². The summed E-state index contributed by atoms with van der Waals surface area (Å²) < 4.78 is 0. The smallest absolute Gasteiger partial charge is 0.258 e. The van der Waals surface area contributed by atoms with Crippen LogP contribution in [0.5, 0.6) is 0 Å². The number of hydrogen-bond acceptors (Lipinski definition) is 3. The summed E-state index contributed by atoms with van der Waals surface area (Å²) in [6.07, 6.45) is 0. The molecule has 2 amide bonds. The fourth-order valence-electron chi connectivity index (χ4n) is 2.82. The molecule has 1 aliphatic rings. The molecule has 1 heterocycles. The lowest BCUT2D eigenvalue weighted by molar-refractivity contribution is 0.0953. The summed E-state index contributed by atoms with van der Waals surface area (Å²) in [5, 5.41) is 2.85. The average Bonchev–Trinajstić information content (AvgIpc) is 2.79. The minimum absolute atomic E-state index is 0.0498. The quantitative estimate of drug-likeness (QED) is 0.929. The van der Waals surface area contributed by atoms with Crippen LogP contribution in [0.3, 0.4) is 0 Å². The van der Waals surface area contributed by atoms with E-state index in [-0.39, 0.29) is 11.8 Å². The van der Waals surface area contributed by atoms with Crippen molar-refractivity contribution < 1.29 is 9.59 Å². The molecule has 1 N–H and O–H groups in total. The van der Waals surface area contributed by atoms with Crippen molar-refractivity contribution >= 4 is 29.3 Å². The number of amides is 2. The molecule has 0 saturated carbocycles. The molecule has 3 rings (SSSR count). The third kappa shape index (κ3) is 3.31. The van der Waals surface area contributed by atoms with Gasteiger partial charge >= 0.3 is 0 Å². The molecule has 0 spiro atoms. The van der Waals surface area contributed by atoms with Gasteiger partial charge in [-0.15, -0.1) is 0 Å². The van der Waals surface area contributed by atoms with Gasteiger partial charge in [0.1, 0.15) is 0 Å². The van der Waals surface area contributed by atoms with Crippen LogP contribution in [0.4, 0.5) is 5.69 Å². The molecule has 2 aromatic carbocycles.